The van der Waals surface area contributed by atoms with E-state index >= 15 is 0 Å². The van der Waals surface area contributed by atoms with Crippen molar-refractivity contribution in [1.82, 2.24) is 10.6 Å². The van der Waals surface area contributed by atoms with E-state index in [0.29, 0.717) is 16.9 Å². The minimum atomic E-state index is -0.0819. The van der Waals surface area contributed by atoms with E-state index < -0.39 is 0 Å². The molecular weight excluding hydrogens is 248 g/mol. The fourth-order valence-electron chi connectivity index (χ4n) is 2.37. The molecule has 5 heteroatoms. The van der Waals surface area contributed by atoms with Crippen molar-refractivity contribution in [1.29, 1.82) is 0 Å². The third-order valence-electron chi connectivity index (χ3n) is 3.11. The fourth-order valence-corrected chi connectivity index (χ4v) is 3.37. The smallest absolute Gasteiger partial charge is 0.308 e. The largest absolute Gasteiger partial charge is 0.469 e. The van der Waals surface area contributed by atoms with Gasteiger partial charge in [0.05, 0.1) is 13.0 Å². The minimum absolute atomic E-state index is 0.0398. The first-order chi connectivity index (χ1) is 6.72. The average Bonchev–Trinajstić information content (AvgIpc) is 2.64. The molecule has 4 unspecified atom stereocenters. The van der Waals surface area contributed by atoms with Crippen LogP contribution in [0.5, 0.6) is 0 Å². The van der Waals surface area contributed by atoms with E-state index in [4.69, 9.17) is 4.74 Å². The molecule has 0 spiro atoms. The summed E-state index contributed by atoms with van der Waals surface area (Å²) in [7, 11) is 1.46. The maximum atomic E-state index is 11.4. The summed E-state index contributed by atoms with van der Waals surface area (Å²) in [5.74, 6) is -0.0420. The molecule has 0 amide bonds. The molecule has 4 nitrogen and oxygen atoms in total. The highest BCUT2D eigenvalue weighted by Crippen LogP contribution is 2.31. The van der Waals surface area contributed by atoms with Crippen molar-refractivity contribution in [3.63, 3.8) is 0 Å². The van der Waals surface area contributed by atoms with Gasteiger partial charge in [-0.25, -0.2) is 0 Å². The van der Waals surface area contributed by atoms with Gasteiger partial charge in [-0.1, -0.05) is 15.9 Å². The number of hydrogen-bond donors (Lipinski definition) is 2. The molecule has 14 heavy (non-hydrogen) atoms. The van der Waals surface area contributed by atoms with E-state index in [0.717, 1.165) is 19.5 Å². The van der Waals surface area contributed by atoms with Gasteiger partial charge in [0.25, 0.3) is 0 Å². The molecule has 0 aromatic carbocycles. The highest BCUT2D eigenvalue weighted by Gasteiger charge is 2.41. The van der Waals surface area contributed by atoms with Crippen molar-refractivity contribution in [3.05, 3.63) is 0 Å². The summed E-state index contributed by atoms with van der Waals surface area (Å²) in [6.45, 7) is 0.839. The van der Waals surface area contributed by atoms with Crippen molar-refractivity contribution < 1.29 is 9.53 Å². The van der Waals surface area contributed by atoms with E-state index in [1.165, 1.54) is 7.11 Å². The van der Waals surface area contributed by atoms with Gasteiger partial charge >= 0.3 is 5.97 Å². The number of ether oxygens (including phenoxy) is 1. The summed E-state index contributed by atoms with van der Waals surface area (Å²) < 4.78 is 4.78. The third kappa shape index (κ3) is 1.81. The van der Waals surface area contributed by atoms with E-state index in [1.54, 1.807) is 0 Å². The Morgan fingerprint density at radius 2 is 2.21 bits per heavy atom. The monoisotopic (exact) mass is 262 g/mol. The van der Waals surface area contributed by atoms with Gasteiger partial charge in [-0.2, -0.15) is 0 Å². The van der Waals surface area contributed by atoms with Crippen LogP contribution in [0.4, 0.5) is 0 Å². The lowest BCUT2D eigenvalue weighted by Gasteiger charge is -2.33. The first-order valence-electron chi connectivity index (χ1n) is 4.91. The Morgan fingerprint density at radius 1 is 1.43 bits per heavy atom. The van der Waals surface area contributed by atoms with Gasteiger partial charge in [-0.05, 0) is 12.8 Å². The lowest BCUT2D eigenvalue weighted by molar-refractivity contribution is -0.146. The molecule has 4 atom stereocenters. The predicted octanol–water partition coefficient (Wildman–Crippen LogP) is 0.220. The highest BCUT2D eigenvalue weighted by molar-refractivity contribution is 9.09. The third-order valence-corrected chi connectivity index (χ3v) is 4.05. The molecular formula is C9H15BrN2O2. The molecule has 2 N–H and O–H groups in total. The van der Waals surface area contributed by atoms with Crippen LogP contribution in [0.1, 0.15) is 12.8 Å². The summed E-state index contributed by atoms with van der Waals surface area (Å²) in [6, 6.07) is 0.855. The summed E-state index contributed by atoms with van der Waals surface area (Å²) in [5, 5.41) is 6.72. The van der Waals surface area contributed by atoms with Crippen LogP contribution in [0.25, 0.3) is 0 Å². The van der Waals surface area contributed by atoms with Gasteiger partial charge in [-0.3, -0.25) is 10.1 Å². The Hall–Kier alpha value is -0.130. The lowest BCUT2D eigenvalue weighted by atomic mass is 9.83. The van der Waals surface area contributed by atoms with Crippen molar-refractivity contribution in [2.45, 2.75) is 29.8 Å². The first-order valence-corrected chi connectivity index (χ1v) is 5.82. The van der Waals surface area contributed by atoms with E-state index in [-0.39, 0.29) is 11.9 Å². The van der Waals surface area contributed by atoms with Gasteiger partial charge in [0.2, 0.25) is 0 Å². The number of nitrogens with one attached hydrogen (secondary N) is 2. The topological polar surface area (TPSA) is 50.4 Å². The Bertz CT molecular complexity index is 237. The SMILES string of the molecule is COC(=O)C1CC(Br)C2NCNC2C1. The first kappa shape index (κ1) is 10.4. The molecule has 0 radical (unpaired) electrons. The maximum Gasteiger partial charge on any atom is 0.308 e. The van der Waals surface area contributed by atoms with Gasteiger partial charge in [0, 0.05) is 23.6 Å². The Morgan fingerprint density at radius 3 is 2.93 bits per heavy atom. The molecule has 1 saturated heterocycles. The highest BCUT2D eigenvalue weighted by atomic mass is 79.9. The second kappa shape index (κ2) is 4.16. The fraction of sp³-hybridized carbons (Fsp3) is 0.889. The molecule has 2 rings (SSSR count). The van der Waals surface area contributed by atoms with Gasteiger partial charge in [-0.15, -0.1) is 0 Å². The Kier molecular flexibility index (Phi) is 3.09. The van der Waals surface area contributed by atoms with Gasteiger partial charge in [0.15, 0.2) is 0 Å². The van der Waals surface area contributed by atoms with E-state index in [2.05, 4.69) is 26.6 Å². The number of carbonyl (C=O) groups excluding carboxylic acids is 1. The second-order valence-corrected chi connectivity index (χ2v) is 5.10. The molecule has 0 aromatic rings. The lowest BCUT2D eigenvalue weighted by Crippen LogP contribution is -2.48. The quantitative estimate of drug-likeness (QED) is 0.525. The Labute approximate surface area is 91.9 Å². The normalized spacial score (nSPS) is 41.9. The van der Waals surface area contributed by atoms with Crippen molar-refractivity contribution in [3.8, 4) is 0 Å². The number of alkyl halides is 1. The molecule has 0 bridgehead atoms. The van der Waals surface area contributed by atoms with E-state index in [1.807, 2.05) is 0 Å². The molecule has 0 aromatic heterocycles. The Balaban J connectivity index is 2.02. The zero-order valence-electron chi connectivity index (χ0n) is 8.13. The number of hydrogen-bond acceptors (Lipinski definition) is 4. The molecule has 1 heterocycles. The van der Waals surface area contributed by atoms with Crippen LogP contribution in [0.3, 0.4) is 0 Å². The number of fused-ring (bicyclic) bond motifs is 1. The minimum Gasteiger partial charge on any atom is -0.469 e. The van der Waals surface area contributed by atoms with Crippen molar-refractivity contribution in [2.24, 2.45) is 5.92 Å². The number of rotatable bonds is 1. The molecule has 2 fully saturated rings. The average molecular weight is 263 g/mol. The maximum absolute atomic E-state index is 11.4. The summed E-state index contributed by atoms with van der Waals surface area (Å²) in [5.41, 5.74) is 0. The van der Waals surface area contributed by atoms with Crippen LogP contribution in [0.15, 0.2) is 0 Å². The zero-order chi connectivity index (χ0) is 10.1. The number of methoxy groups -OCH3 is 1. The molecule has 1 aliphatic heterocycles. The van der Waals surface area contributed by atoms with Gasteiger partial charge < -0.3 is 10.1 Å². The van der Waals surface area contributed by atoms with Crippen LogP contribution in [0.2, 0.25) is 0 Å². The number of carbonyl (C=O) groups is 1. The van der Waals surface area contributed by atoms with Crippen LogP contribution in [-0.4, -0.2) is 36.7 Å². The van der Waals surface area contributed by atoms with Crippen LogP contribution in [-0.2, 0) is 9.53 Å². The summed E-state index contributed by atoms with van der Waals surface area (Å²) in [6.07, 6.45) is 1.74. The zero-order valence-corrected chi connectivity index (χ0v) is 9.71. The van der Waals surface area contributed by atoms with E-state index in [9.17, 15) is 4.79 Å². The second-order valence-electron chi connectivity index (χ2n) is 3.92. The summed E-state index contributed by atoms with van der Waals surface area (Å²) in [4.78, 5) is 11.8. The van der Waals surface area contributed by atoms with Crippen LogP contribution >= 0.6 is 15.9 Å². The van der Waals surface area contributed by atoms with Crippen molar-refractivity contribution >= 4 is 21.9 Å². The summed E-state index contributed by atoms with van der Waals surface area (Å²) >= 11 is 3.62. The molecule has 1 saturated carbocycles. The van der Waals surface area contributed by atoms with Gasteiger partial charge in [0.1, 0.15) is 0 Å². The number of halogens is 1. The molecule has 1 aliphatic carbocycles. The molecule has 80 valence electrons. The number of esters is 1. The van der Waals surface area contributed by atoms with Crippen molar-refractivity contribution in [2.75, 3.05) is 13.8 Å². The standard InChI is InChI=1S/C9H15BrN2O2/c1-14-9(13)5-2-6(10)8-7(3-5)11-4-12-8/h5-8,11-12H,2-4H2,1H3. The van der Waals surface area contributed by atoms with Crippen LogP contribution < -0.4 is 10.6 Å². The predicted molar refractivity (Wildman–Crippen MR) is 56.2 cm³/mol. The van der Waals surface area contributed by atoms with Crippen LogP contribution in [0, 0.1) is 5.92 Å². The molecule has 2 aliphatic rings.